The second kappa shape index (κ2) is 4.48. The number of nitrogens with zero attached hydrogens (tertiary/aromatic N) is 1. The summed E-state index contributed by atoms with van der Waals surface area (Å²) in [5.74, 6) is 0. The highest BCUT2D eigenvalue weighted by Crippen LogP contribution is 2.26. The van der Waals surface area contributed by atoms with Gasteiger partial charge in [0.2, 0.25) is 0 Å². The Balaban J connectivity index is 3.04. The van der Waals surface area contributed by atoms with E-state index < -0.39 is 6.10 Å². The van der Waals surface area contributed by atoms with E-state index in [9.17, 15) is 0 Å². The number of ether oxygens (including phenoxy) is 1. The van der Waals surface area contributed by atoms with E-state index in [2.05, 4.69) is 0 Å². The minimum absolute atomic E-state index is 0.427. The minimum atomic E-state index is -0.588. The normalized spacial score (nSPS) is 12.2. The molecule has 0 saturated heterocycles. The zero-order valence-corrected chi connectivity index (χ0v) is 8.43. The van der Waals surface area contributed by atoms with Gasteiger partial charge in [-0.05, 0) is 17.7 Å². The van der Waals surface area contributed by atoms with Gasteiger partial charge in [0.1, 0.15) is 0 Å². The highest BCUT2D eigenvalue weighted by atomic mass is 35.5. The van der Waals surface area contributed by atoms with E-state index in [1.165, 1.54) is 7.11 Å². The Morgan fingerprint density at radius 1 is 1.38 bits per heavy atom. The number of nitriles is 1. The summed E-state index contributed by atoms with van der Waals surface area (Å²) in [5.41, 5.74) is 0.708. The first kappa shape index (κ1) is 10.3. The summed E-state index contributed by atoms with van der Waals surface area (Å²) in [4.78, 5) is 0. The molecule has 4 heteroatoms. The van der Waals surface area contributed by atoms with Crippen LogP contribution in [-0.4, -0.2) is 7.11 Å². The molecule has 0 aliphatic rings. The summed E-state index contributed by atoms with van der Waals surface area (Å²) in [6.07, 6.45) is -0.588. The van der Waals surface area contributed by atoms with Crippen LogP contribution >= 0.6 is 23.2 Å². The molecule has 0 bridgehead atoms. The molecule has 2 nitrogen and oxygen atoms in total. The zero-order chi connectivity index (χ0) is 9.84. The van der Waals surface area contributed by atoms with Crippen LogP contribution < -0.4 is 0 Å². The molecule has 0 aromatic heterocycles. The molecule has 1 rings (SSSR count). The third-order valence-corrected chi connectivity index (χ3v) is 2.34. The molecule has 0 N–H and O–H groups in total. The first-order valence-electron chi connectivity index (χ1n) is 3.56. The first-order valence-corrected chi connectivity index (χ1v) is 4.32. The molecule has 0 aliphatic heterocycles. The topological polar surface area (TPSA) is 33.0 Å². The van der Waals surface area contributed by atoms with Crippen molar-refractivity contribution < 1.29 is 4.74 Å². The Morgan fingerprint density at radius 3 is 2.54 bits per heavy atom. The molecule has 0 spiro atoms. The van der Waals surface area contributed by atoms with E-state index in [0.717, 1.165) is 0 Å². The zero-order valence-electron chi connectivity index (χ0n) is 6.92. The van der Waals surface area contributed by atoms with Crippen molar-refractivity contribution in [2.45, 2.75) is 6.10 Å². The maximum absolute atomic E-state index is 8.69. The number of rotatable bonds is 2. The van der Waals surface area contributed by atoms with Gasteiger partial charge in [-0.25, -0.2) is 0 Å². The Bertz CT molecular complexity index is 346. The lowest BCUT2D eigenvalue weighted by Gasteiger charge is -2.07. The molecule has 0 fully saturated rings. The number of benzene rings is 1. The average Bonchev–Trinajstić information content (AvgIpc) is 2.13. The fourth-order valence-electron chi connectivity index (χ4n) is 0.939. The summed E-state index contributed by atoms with van der Waals surface area (Å²) in [7, 11) is 1.47. The average molecular weight is 216 g/mol. The minimum Gasteiger partial charge on any atom is -0.362 e. The molecule has 68 valence electrons. The molecule has 1 aromatic carbocycles. The molecule has 0 aliphatic carbocycles. The quantitative estimate of drug-likeness (QED) is 0.760. The van der Waals surface area contributed by atoms with E-state index in [0.29, 0.717) is 15.6 Å². The molecule has 1 aromatic rings. The summed E-state index contributed by atoms with van der Waals surface area (Å²) in [5, 5.41) is 9.59. The third kappa shape index (κ3) is 2.35. The van der Waals surface area contributed by atoms with Gasteiger partial charge in [0, 0.05) is 7.11 Å². The van der Waals surface area contributed by atoms with Gasteiger partial charge in [-0.15, -0.1) is 0 Å². The van der Waals surface area contributed by atoms with Gasteiger partial charge in [0.15, 0.2) is 6.10 Å². The van der Waals surface area contributed by atoms with E-state index in [1.807, 2.05) is 6.07 Å². The molecule has 0 saturated carbocycles. The molecule has 13 heavy (non-hydrogen) atoms. The lowest BCUT2D eigenvalue weighted by molar-refractivity contribution is 0.148. The molecule has 0 heterocycles. The SMILES string of the molecule is COC(C#N)c1ccc(Cl)c(Cl)c1. The van der Waals surface area contributed by atoms with Crippen LogP contribution in [0, 0.1) is 11.3 Å². The van der Waals surface area contributed by atoms with Crippen LogP contribution in [0.15, 0.2) is 18.2 Å². The van der Waals surface area contributed by atoms with Gasteiger partial charge >= 0.3 is 0 Å². The van der Waals surface area contributed by atoms with Crippen molar-refractivity contribution >= 4 is 23.2 Å². The van der Waals surface area contributed by atoms with E-state index in [4.69, 9.17) is 33.2 Å². The molecular weight excluding hydrogens is 209 g/mol. The Morgan fingerprint density at radius 2 is 2.08 bits per heavy atom. The van der Waals surface area contributed by atoms with E-state index >= 15 is 0 Å². The fourth-order valence-corrected chi connectivity index (χ4v) is 1.25. The van der Waals surface area contributed by atoms with Gasteiger partial charge < -0.3 is 4.74 Å². The van der Waals surface area contributed by atoms with Crippen molar-refractivity contribution in [3.05, 3.63) is 33.8 Å². The molecule has 0 radical (unpaired) electrons. The largest absolute Gasteiger partial charge is 0.362 e. The predicted molar refractivity (Wildman–Crippen MR) is 51.8 cm³/mol. The fraction of sp³-hybridized carbons (Fsp3) is 0.222. The number of hydrogen-bond acceptors (Lipinski definition) is 2. The first-order chi connectivity index (χ1) is 6.19. The second-order valence-corrected chi connectivity index (χ2v) is 3.23. The van der Waals surface area contributed by atoms with Gasteiger partial charge in [0.05, 0.1) is 16.1 Å². The monoisotopic (exact) mass is 215 g/mol. The van der Waals surface area contributed by atoms with Crippen LogP contribution in [0.4, 0.5) is 0 Å². The van der Waals surface area contributed by atoms with Gasteiger partial charge in [0.25, 0.3) is 0 Å². The Hall–Kier alpha value is -0.750. The number of methoxy groups -OCH3 is 1. The molecule has 0 amide bonds. The smallest absolute Gasteiger partial charge is 0.168 e. The Labute approximate surface area is 86.6 Å². The van der Waals surface area contributed by atoms with Crippen LogP contribution in [0.3, 0.4) is 0 Å². The van der Waals surface area contributed by atoms with Crippen LogP contribution in [-0.2, 0) is 4.74 Å². The number of hydrogen-bond donors (Lipinski definition) is 0. The van der Waals surface area contributed by atoms with Crippen LogP contribution in [0.25, 0.3) is 0 Å². The van der Waals surface area contributed by atoms with Crippen LogP contribution in [0.2, 0.25) is 10.0 Å². The van der Waals surface area contributed by atoms with Gasteiger partial charge in [-0.3, -0.25) is 0 Å². The van der Waals surface area contributed by atoms with Crippen molar-refractivity contribution in [1.82, 2.24) is 0 Å². The maximum atomic E-state index is 8.69. The standard InChI is InChI=1S/C9H7Cl2NO/c1-13-9(5-12)6-2-3-7(10)8(11)4-6/h2-4,9H,1H3. The van der Waals surface area contributed by atoms with Crippen molar-refractivity contribution in [1.29, 1.82) is 5.26 Å². The van der Waals surface area contributed by atoms with Gasteiger partial charge in [-0.1, -0.05) is 29.3 Å². The van der Waals surface area contributed by atoms with E-state index in [1.54, 1.807) is 18.2 Å². The molecular formula is C9H7Cl2NO. The molecule has 1 unspecified atom stereocenters. The number of halogens is 2. The predicted octanol–water partition coefficient (Wildman–Crippen LogP) is 3.20. The third-order valence-electron chi connectivity index (χ3n) is 1.60. The highest BCUT2D eigenvalue weighted by Gasteiger charge is 2.09. The van der Waals surface area contributed by atoms with Crippen LogP contribution in [0.5, 0.6) is 0 Å². The van der Waals surface area contributed by atoms with Crippen molar-refractivity contribution in [3.8, 4) is 6.07 Å². The lowest BCUT2D eigenvalue weighted by Crippen LogP contribution is -1.97. The highest BCUT2D eigenvalue weighted by molar-refractivity contribution is 6.42. The second-order valence-electron chi connectivity index (χ2n) is 2.42. The summed E-state index contributed by atoms with van der Waals surface area (Å²) in [6, 6.07) is 6.97. The summed E-state index contributed by atoms with van der Waals surface area (Å²) in [6.45, 7) is 0. The lowest BCUT2D eigenvalue weighted by atomic mass is 10.1. The van der Waals surface area contributed by atoms with Crippen LogP contribution in [0.1, 0.15) is 11.7 Å². The molecule has 1 atom stereocenters. The van der Waals surface area contributed by atoms with Crippen molar-refractivity contribution in [3.63, 3.8) is 0 Å². The van der Waals surface area contributed by atoms with Crippen molar-refractivity contribution in [2.75, 3.05) is 7.11 Å². The van der Waals surface area contributed by atoms with Gasteiger partial charge in [-0.2, -0.15) is 5.26 Å². The summed E-state index contributed by atoms with van der Waals surface area (Å²) >= 11 is 11.5. The van der Waals surface area contributed by atoms with E-state index in [-0.39, 0.29) is 0 Å². The summed E-state index contributed by atoms with van der Waals surface area (Å²) < 4.78 is 4.92. The maximum Gasteiger partial charge on any atom is 0.168 e. The van der Waals surface area contributed by atoms with Crippen molar-refractivity contribution in [2.24, 2.45) is 0 Å². The Kier molecular flexibility index (Phi) is 3.56.